The highest BCUT2D eigenvalue weighted by molar-refractivity contribution is 5.76. The van der Waals surface area contributed by atoms with Crippen LogP contribution in [0.3, 0.4) is 0 Å². The standard InChI is InChI=1S/C13H21N3O2/c1-4-11-10(8-16(2)15-11)7-14-12(9-5-6-9)13(17)18-3/h8-9,12,14H,4-7H2,1-3H3. The van der Waals surface area contributed by atoms with E-state index in [0.717, 1.165) is 30.5 Å². The molecule has 1 aromatic rings. The number of rotatable bonds is 6. The van der Waals surface area contributed by atoms with E-state index in [1.54, 1.807) is 0 Å². The van der Waals surface area contributed by atoms with Crippen LogP contribution in [0.1, 0.15) is 31.0 Å². The number of hydrogen-bond donors (Lipinski definition) is 1. The normalized spacial score (nSPS) is 16.6. The van der Waals surface area contributed by atoms with Gasteiger partial charge in [0.2, 0.25) is 0 Å². The van der Waals surface area contributed by atoms with Gasteiger partial charge in [-0.15, -0.1) is 0 Å². The lowest BCUT2D eigenvalue weighted by Crippen LogP contribution is -2.39. The highest BCUT2D eigenvalue weighted by Crippen LogP contribution is 2.33. The van der Waals surface area contributed by atoms with Crippen molar-refractivity contribution >= 4 is 5.97 Å². The largest absolute Gasteiger partial charge is 0.468 e. The Kier molecular flexibility index (Phi) is 4.01. The van der Waals surface area contributed by atoms with Gasteiger partial charge in [0.05, 0.1) is 12.8 Å². The summed E-state index contributed by atoms with van der Waals surface area (Å²) in [5.41, 5.74) is 2.25. The topological polar surface area (TPSA) is 56.2 Å². The number of nitrogens with one attached hydrogen (secondary N) is 1. The quantitative estimate of drug-likeness (QED) is 0.767. The van der Waals surface area contributed by atoms with E-state index in [-0.39, 0.29) is 12.0 Å². The number of aromatic nitrogens is 2. The van der Waals surface area contributed by atoms with E-state index in [1.807, 2.05) is 17.9 Å². The fourth-order valence-corrected chi connectivity index (χ4v) is 2.25. The molecule has 0 saturated heterocycles. The minimum Gasteiger partial charge on any atom is -0.468 e. The van der Waals surface area contributed by atoms with Crippen molar-refractivity contribution in [1.82, 2.24) is 15.1 Å². The molecule has 0 spiro atoms. The predicted octanol–water partition coefficient (Wildman–Crippen LogP) is 1.02. The summed E-state index contributed by atoms with van der Waals surface area (Å²) in [7, 11) is 3.36. The molecule has 2 rings (SSSR count). The van der Waals surface area contributed by atoms with Gasteiger partial charge in [0, 0.05) is 25.4 Å². The van der Waals surface area contributed by atoms with Gasteiger partial charge in [0.1, 0.15) is 6.04 Å². The minimum atomic E-state index is -0.167. The summed E-state index contributed by atoms with van der Waals surface area (Å²) in [6.07, 6.45) is 5.14. The molecular formula is C13H21N3O2. The lowest BCUT2D eigenvalue weighted by molar-refractivity contribution is -0.143. The summed E-state index contributed by atoms with van der Waals surface area (Å²) in [5, 5.41) is 7.70. The van der Waals surface area contributed by atoms with Crippen molar-refractivity contribution < 1.29 is 9.53 Å². The maximum absolute atomic E-state index is 11.7. The van der Waals surface area contributed by atoms with Gasteiger partial charge in [0.25, 0.3) is 0 Å². The molecule has 1 N–H and O–H groups in total. The summed E-state index contributed by atoms with van der Waals surface area (Å²) in [6, 6.07) is -0.167. The van der Waals surface area contributed by atoms with Gasteiger partial charge >= 0.3 is 5.97 Å². The molecule has 1 fully saturated rings. The number of carbonyl (C=O) groups is 1. The van der Waals surface area contributed by atoms with Crippen molar-refractivity contribution in [2.45, 2.75) is 38.8 Å². The van der Waals surface area contributed by atoms with E-state index in [1.165, 1.54) is 7.11 Å². The fourth-order valence-electron chi connectivity index (χ4n) is 2.25. The molecule has 100 valence electrons. The van der Waals surface area contributed by atoms with Crippen molar-refractivity contribution in [2.75, 3.05) is 7.11 Å². The zero-order valence-electron chi connectivity index (χ0n) is 11.3. The van der Waals surface area contributed by atoms with Crippen molar-refractivity contribution in [3.63, 3.8) is 0 Å². The average Bonchev–Trinajstić information content (AvgIpc) is 3.13. The predicted molar refractivity (Wildman–Crippen MR) is 68.0 cm³/mol. The number of nitrogens with zero attached hydrogens (tertiary/aromatic N) is 2. The number of carbonyl (C=O) groups excluding carboxylic acids is 1. The van der Waals surface area contributed by atoms with Crippen molar-refractivity contribution in [3.05, 3.63) is 17.5 Å². The van der Waals surface area contributed by atoms with Crippen LogP contribution in [0.4, 0.5) is 0 Å². The number of hydrogen-bond acceptors (Lipinski definition) is 4. The van der Waals surface area contributed by atoms with Crippen LogP contribution in [0.2, 0.25) is 0 Å². The van der Waals surface area contributed by atoms with Crippen molar-refractivity contribution in [2.24, 2.45) is 13.0 Å². The first-order chi connectivity index (χ1) is 8.65. The third kappa shape index (κ3) is 2.90. The Labute approximate surface area is 108 Å². The SMILES string of the molecule is CCc1nn(C)cc1CNC(C(=O)OC)C1CC1. The molecule has 1 atom stereocenters. The van der Waals surface area contributed by atoms with E-state index in [4.69, 9.17) is 4.74 Å². The van der Waals surface area contributed by atoms with Crippen LogP contribution in [0.15, 0.2) is 6.20 Å². The summed E-state index contributed by atoms with van der Waals surface area (Å²) in [4.78, 5) is 11.7. The maximum Gasteiger partial charge on any atom is 0.323 e. The monoisotopic (exact) mass is 251 g/mol. The molecule has 1 saturated carbocycles. The Morgan fingerprint density at radius 3 is 2.94 bits per heavy atom. The summed E-state index contributed by atoms with van der Waals surface area (Å²) in [5.74, 6) is 0.290. The molecular weight excluding hydrogens is 230 g/mol. The van der Waals surface area contributed by atoms with Gasteiger partial charge in [-0.1, -0.05) is 6.92 Å². The van der Waals surface area contributed by atoms with Crippen molar-refractivity contribution in [1.29, 1.82) is 0 Å². The highest BCUT2D eigenvalue weighted by Gasteiger charge is 2.36. The Balaban J connectivity index is 1.98. The van der Waals surface area contributed by atoms with Crippen LogP contribution in [0, 0.1) is 5.92 Å². The second-order valence-electron chi connectivity index (χ2n) is 4.85. The molecule has 5 nitrogen and oxygen atoms in total. The van der Waals surface area contributed by atoms with Gasteiger partial charge in [-0.05, 0) is 25.2 Å². The average molecular weight is 251 g/mol. The van der Waals surface area contributed by atoms with E-state index < -0.39 is 0 Å². The third-order valence-corrected chi connectivity index (χ3v) is 3.39. The second kappa shape index (κ2) is 5.52. The minimum absolute atomic E-state index is 0.153. The van der Waals surface area contributed by atoms with Gasteiger partial charge < -0.3 is 4.74 Å². The third-order valence-electron chi connectivity index (χ3n) is 3.39. The van der Waals surface area contributed by atoms with E-state index in [0.29, 0.717) is 12.5 Å². The first-order valence-electron chi connectivity index (χ1n) is 6.48. The second-order valence-corrected chi connectivity index (χ2v) is 4.85. The van der Waals surface area contributed by atoms with E-state index in [2.05, 4.69) is 17.3 Å². The molecule has 0 radical (unpaired) electrons. The Morgan fingerprint density at radius 2 is 2.39 bits per heavy atom. The number of esters is 1. The van der Waals surface area contributed by atoms with Crippen molar-refractivity contribution in [3.8, 4) is 0 Å². The zero-order chi connectivity index (χ0) is 13.1. The van der Waals surface area contributed by atoms with Crippen LogP contribution >= 0.6 is 0 Å². The van der Waals surface area contributed by atoms with Crippen LogP contribution < -0.4 is 5.32 Å². The van der Waals surface area contributed by atoms with E-state index >= 15 is 0 Å². The summed E-state index contributed by atoms with van der Waals surface area (Å²) < 4.78 is 6.66. The molecule has 0 aliphatic heterocycles. The van der Waals surface area contributed by atoms with Crippen LogP contribution in [-0.2, 0) is 29.5 Å². The number of ether oxygens (including phenoxy) is 1. The molecule has 0 amide bonds. The van der Waals surface area contributed by atoms with Gasteiger partial charge in [0.15, 0.2) is 0 Å². The Hall–Kier alpha value is -1.36. The first kappa shape index (κ1) is 13.1. The molecule has 5 heteroatoms. The molecule has 0 bridgehead atoms. The highest BCUT2D eigenvalue weighted by atomic mass is 16.5. The van der Waals surface area contributed by atoms with Crippen LogP contribution in [0.5, 0.6) is 0 Å². The van der Waals surface area contributed by atoms with Gasteiger partial charge in [-0.2, -0.15) is 5.10 Å². The smallest absolute Gasteiger partial charge is 0.323 e. The lowest BCUT2D eigenvalue weighted by Gasteiger charge is -2.15. The Morgan fingerprint density at radius 1 is 1.67 bits per heavy atom. The molecule has 1 heterocycles. The Bertz CT molecular complexity index is 424. The fraction of sp³-hybridized carbons (Fsp3) is 0.692. The van der Waals surface area contributed by atoms with Crippen LogP contribution in [-0.4, -0.2) is 28.9 Å². The van der Waals surface area contributed by atoms with E-state index in [9.17, 15) is 4.79 Å². The molecule has 1 unspecified atom stereocenters. The molecule has 0 aromatic carbocycles. The molecule has 1 aromatic heterocycles. The van der Waals surface area contributed by atoms with Crippen LogP contribution in [0.25, 0.3) is 0 Å². The summed E-state index contributed by atoms with van der Waals surface area (Å²) in [6.45, 7) is 2.76. The number of aryl methyl sites for hydroxylation is 2. The molecule has 1 aliphatic carbocycles. The molecule has 1 aliphatic rings. The first-order valence-corrected chi connectivity index (χ1v) is 6.48. The van der Waals surface area contributed by atoms with Gasteiger partial charge in [-0.25, -0.2) is 0 Å². The number of methoxy groups -OCH3 is 1. The summed E-state index contributed by atoms with van der Waals surface area (Å²) >= 11 is 0. The lowest BCUT2D eigenvalue weighted by atomic mass is 10.1. The van der Waals surface area contributed by atoms with Gasteiger partial charge in [-0.3, -0.25) is 14.8 Å². The maximum atomic E-state index is 11.7. The zero-order valence-corrected chi connectivity index (χ0v) is 11.3. The molecule has 18 heavy (non-hydrogen) atoms.